The summed E-state index contributed by atoms with van der Waals surface area (Å²) in [4.78, 5) is 27.0. The van der Waals surface area contributed by atoms with E-state index in [-0.39, 0.29) is 22.8 Å². The Bertz CT molecular complexity index is 1280. The summed E-state index contributed by atoms with van der Waals surface area (Å²) < 4.78 is 40.4. The molecule has 3 aromatic carbocycles. The van der Waals surface area contributed by atoms with E-state index in [9.17, 15) is 22.4 Å². The zero-order valence-corrected chi connectivity index (χ0v) is 19.6. The fourth-order valence-corrected chi connectivity index (χ4v) is 4.85. The van der Waals surface area contributed by atoms with Gasteiger partial charge in [0.15, 0.2) is 0 Å². The number of hydrogen-bond donors (Lipinski definition) is 3. The Balaban J connectivity index is 1.33. The SMILES string of the molecule is O=C(Nc1ccc(NS(=O)(=O)c2ccc(F)cc2)cc1)[C@@H]1CCCN(C(=O)Nc2ccccc2)C1. The van der Waals surface area contributed by atoms with Gasteiger partial charge in [-0.1, -0.05) is 18.2 Å². The van der Waals surface area contributed by atoms with E-state index >= 15 is 0 Å². The van der Waals surface area contributed by atoms with E-state index in [1.165, 1.54) is 24.3 Å². The first-order chi connectivity index (χ1) is 16.8. The lowest BCUT2D eigenvalue weighted by atomic mass is 9.97. The lowest BCUT2D eigenvalue weighted by Crippen LogP contribution is -2.45. The van der Waals surface area contributed by atoms with Gasteiger partial charge in [-0.25, -0.2) is 17.6 Å². The number of anilines is 3. The molecule has 4 rings (SSSR count). The third kappa shape index (κ3) is 6.36. The molecule has 182 valence electrons. The predicted molar refractivity (Wildman–Crippen MR) is 132 cm³/mol. The molecule has 0 unspecified atom stereocenters. The average molecular weight is 497 g/mol. The molecule has 35 heavy (non-hydrogen) atoms. The summed E-state index contributed by atoms with van der Waals surface area (Å²) in [5.41, 5.74) is 1.50. The molecule has 1 saturated heterocycles. The summed E-state index contributed by atoms with van der Waals surface area (Å²) in [6.45, 7) is 0.880. The molecule has 1 fully saturated rings. The first-order valence-corrected chi connectivity index (χ1v) is 12.6. The van der Waals surface area contributed by atoms with Crippen LogP contribution < -0.4 is 15.4 Å². The minimum Gasteiger partial charge on any atom is -0.326 e. The number of piperidine rings is 1. The smallest absolute Gasteiger partial charge is 0.321 e. The Labute approximate surface area is 203 Å². The number of sulfonamides is 1. The van der Waals surface area contributed by atoms with Crippen LogP contribution in [0, 0.1) is 11.7 Å². The number of nitrogens with zero attached hydrogens (tertiary/aromatic N) is 1. The molecule has 8 nitrogen and oxygen atoms in total. The summed E-state index contributed by atoms with van der Waals surface area (Å²) >= 11 is 0. The molecule has 0 saturated carbocycles. The van der Waals surface area contributed by atoms with Gasteiger partial charge in [-0.2, -0.15) is 0 Å². The van der Waals surface area contributed by atoms with Gasteiger partial charge in [0, 0.05) is 30.2 Å². The lowest BCUT2D eigenvalue weighted by Gasteiger charge is -2.32. The quantitative estimate of drug-likeness (QED) is 0.467. The van der Waals surface area contributed by atoms with Crippen molar-refractivity contribution in [2.45, 2.75) is 17.7 Å². The van der Waals surface area contributed by atoms with Crippen molar-refractivity contribution in [1.82, 2.24) is 4.90 Å². The molecule has 1 aliphatic heterocycles. The van der Waals surface area contributed by atoms with Crippen LogP contribution >= 0.6 is 0 Å². The second-order valence-electron chi connectivity index (χ2n) is 8.21. The lowest BCUT2D eigenvalue weighted by molar-refractivity contribution is -0.121. The number of halogens is 1. The average Bonchev–Trinajstić information content (AvgIpc) is 2.86. The number of nitrogens with one attached hydrogen (secondary N) is 3. The maximum absolute atomic E-state index is 13.1. The minimum absolute atomic E-state index is 0.0607. The zero-order valence-electron chi connectivity index (χ0n) is 18.8. The molecule has 3 N–H and O–H groups in total. The fraction of sp³-hybridized carbons (Fsp3) is 0.200. The third-order valence-corrected chi connectivity index (χ3v) is 7.03. The Hall–Kier alpha value is -3.92. The molecule has 1 atom stereocenters. The van der Waals surface area contributed by atoms with Crippen LogP contribution in [0.25, 0.3) is 0 Å². The van der Waals surface area contributed by atoms with E-state index in [1.807, 2.05) is 18.2 Å². The normalized spacial score (nSPS) is 15.8. The van der Waals surface area contributed by atoms with E-state index in [1.54, 1.807) is 29.2 Å². The number of likely N-dealkylation sites (tertiary alicyclic amines) is 1. The van der Waals surface area contributed by atoms with Crippen LogP contribution in [-0.2, 0) is 14.8 Å². The van der Waals surface area contributed by atoms with Gasteiger partial charge < -0.3 is 15.5 Å². The molecule has 0 aromatic heterocycles. The summed E-state index contributed by atoms with van der Waals surface area (Å²) in [7, 11) is -3.87. The van der Waals surface area contributed by atoms with Gasteiger partial charge in [-0.3, -0.25) is 9.52 Å². The van der Waals surface area contributed by atoms with Gasteiger partial charge >= 0.3 is 6.03 Å². The maximum Gasteiger partial charge on any atom is 0.321 e. The summed E-state index contributed by atoms with van der Waals surface area (Å²) in [6.07, 6.45) is 1.38. The van der Waals surface area contributed by atoms with Crippen molar-refractivity contribution in [1.29, 1.82) is 0 Å². The highest BCUT2D eigenvalue weighted by molar-refractivity contribution is 7.92. The third-order valence-electron chi connectivity index (χ3n) is 5.63. The number of urea groups is 1. The number of carbonyl (C=O) groups is 2. The minimum atomic E-state index is -3.87. The number of benzene rings is 3. The Kier molecular flexibility index (Phi) is 7.31. The van der Waals surface area contributed by atoms with E-state index in [2.05, 4.69) is 15.4 Å². The molecule has 0 spiro atoms. The van der Waals surface area contributed by atoms with Crippen LogP contribution in [0.1, 0.15) is 12.8 Å². The molecular formula is C25H25FN4O4S. The van der Waals surface area contributed by atoms with Crippen molar-refractivity contribution in [2.75, 3.05) is 28.4 Å². The van der Waals surface area contributed by atoms with Gasteiger partial charge in [0.2, 0.25) is 5.91 Å². The fourth-order valence-electron chi connectivity index (χ4n) is 3.79. The van der Waals surface area contributed by atoms with Crippen LogP contribution in [-0.4, -0.2) is 38.3 Å². The van der Waals surface area contributed by atoms with E-state index < -0.39 is 15.8 Å². The monoisotopic (exact) mass is 496 g/mol. The van der Waals surface area contributed by atoms with Gasteiger partial charge in [-0.05, 0) is 73.5 Å². The number of carbonyl (C=O) groups excluding carboxylic acids is 2. The Morgan fingerprint density at radius 2 is 1.46 bits per heavy atom. The summed E-state index contributed by atoms with van der Waals surface area (Å²) in [5.74, 6) is -1.09. The summed E-state index contributed by atoms with van der Waals surface area (Å²) in [6, 6.07) is 19.6. The van der Waals surface area contributed by atoms with E-state index in [4.69, 9.17) is 0 Å². The van der Waals surface area contributed by atoms with Gasteiger partial charge in [-0.15, -0.1) is 0 Å². The van der Waals surface area contributed by atoms with Gasteiger partial charge in [0.25, 0.3) is 10.0 Å². The molecule has 3 amide bonds. The van der Waals surface area contributed by atoms with Crippen molar-refractivity contribution in [3.05, 3.63) is 84.7 Å². The number of rotatable bonds is 6. The highest BCUT2D eigenvalue weighted by Crippen LogP contribution is 2.22. The zero-order chi connectivity index (χ0) is 24.8. The highest BCUT2D eigenvalue weighted by atomic mass is 32.2. The first kappa shape index (κ1) is 24.2. The van der Waals surface area contributed by atoms with Crippen LogP contribution in [0.2, 0.25) is 0 Å². The maximum atomic E-state index is 13.1. The second kappa shape index (κ2) is 10.6. The topological polar surface area (TPSA) is 108 Å². The van der Waals surface area contributed by atoms with Crippen molar-refractivity contribution in [3.63, 3.8) is 0 Å². The van der Waals surface area contributed by atoms with Gasteiger partial charge in [0.05, 0.1) is 10.8 Å². The van der Waals surface area contributed by atoms with Crippen molar-refractivity contribution < 1.29 is 22.4 Å². The number of hydrogen-bond acceptors (Lipinski definition) is 4. The molecule has 0 radical (unpaired) electrons. The van der Waals surface area contributed by atoms with Crippen LogP contribution in [0.15, 0.2) is 83.8 Å². The molecule has 10 heteroatoms. The predicted octanol–water partition coefficient (Wildman–Crippen LogP) is 4.51. The summed E-state index contributed by atoms with van der Waals surface area (Å²) in [5, 5.41) is 5.67. The van der Waals surface area contributed by atoms with Crippen LogP contribution in [0.5, 0.6) is 0 Å². The molecule has 1 heterocycles. The van der Waals surface area contributed by atoms with Crippen molar-refractivity contribution in [3.8, 4) is 0 Å². The number of amides is 3. The van der Waals surface area contributed by atoms with Crippen molar-refractivity contribution >= 4 is 39.0 Å². The second-order valence-corrected chi connectivity index (χ2v) is 9.89. The van der Waals surface area contributed by atoms with E-state index in [0.717, 1.165) is 12.1 Å². The molecule has 0 bridgehead atoms. The molecule has 1 aliphatic rings. The van der Waals surface area contributed by atoms with E-state index in [0.29, 0.717) is 43.0 Å². The van der Waals surface area contributed by atoms with Gasteiger partial charge in [0.1, 0.15) is 5.82 Å². The Morgan fingerprint density at radius 3 is 2.14 bits per heavy atom. The highest BCUT2D eigenvalue weighted by Gasteiger charge is 2.28. The van der Waals surface area contributed by atoms with Crippen molar-refractivity contribution in [2.24, 2.45) is 5.92 Å². The first-order valence-electron chi connectivity index (χ1n) is 11.1. The molecule has 0 aliphatic carbocycles. The standard InChI is InChI=1S/C25H25FN4O4S/c26-19-8-14-23(15-9-19)35(33,34)29-22-12-10-21(11-13-22)27-24(31)18-5-4-16-30(17-18)25(32)28-20-6-2-1-3-7-20/h1-3,6-15,18,29H,4-5,16-17H2,(H,27,31)(H,28,32)/t18-/m1/s1. The Morgan fingerprint density at radius 1 is 0.829 bits per heavy atom. The molecule has 3 aromatic rings. The molecular weight excluding hydrogens is 471 g/mol. The van der Waals surface area contributed by atoms with Crippen LogP contribution in [0.4, 0.5) is 26.2 Å². The van der Waals surface area contributed by atoms with Crippen LogP contribution in [0.3, 0.4) is 0 Å². The largest absolute Gasteiger partial charge is 0.326 e. The number of para-hydroxylation sites is 1.